The zero-order valence-corrected chi connectivity index (χ0v) is 14.3. The molecule has 2 aliphatic rings. The molecule has 3 nitrogen and oxygen atoms in total. The van der Waals surface area contributed by atoms with E-state index in [0.717, 1.165) is 25.3 Å². The van der Waals surface area contributed by atoms with Crippen LogP contribution in [0.15, 0.2) is 18.2 Å². The molecule has 1 N–H and O–H groups in total. The average molecular weight is 302 g/mol. The third-order valence-corrected chi connectivity index (χ3v) is 4.71. The lowest BCUT2D eigenvalue weighted by atomic mass is 9.96. The predicted octanol–water partition coefficient (Wildman–Crippen LogP) is 3.76. The second kappa shape index (κ2) is 6.49. The van der Waals surface area contributed by atoms with Gasteiger partial charge in [0.2, 0.25) is 0 Å². The van der Waals surface area contributed by atoms with E-state index >= 15 is 0 Å². The Morgan fingerprint density at radius 1 is 1.32 bits per heavy atom. The average Bonchev–Trinajstić information content (AvgIpc) is 2.48. The number of rotatable bonds is 4. The monoisotopic (exact) mass is 302 g/mol. The second-order valence-corrected chi connectivity index (χ2v) is 7.44. The van der Waals surface area contributed by atoms with Crippen LogP contribution < -0.4 is 15.0 Å². The molecule has 1 aromatic carbocycles. The molecule has 2 heterocycles. The van der Waals surface area contributed by atoms with Crippen molar-refractivity contribution in [1.82, 2.24) is 5.32 Å². The highest BCUT2D eigenvalue weighted by atomic mass is 16.5. The van der Waals surface area contributed by atoms with Crippen LogP contribution in [-0.2, 0) is 6.42 Å². The van der Waals surface area contributed by atoms with Gasteiger partial charge in [0.15, 0.2) is 0 Å². The van der Waals surface area contributed by atoms with E-state index in [1.165, 1.54) is 43.5 Å². The lowest BCUT2D eigenvalue weighted by Crippen LogP contribution is -2.47. The van der Waals surface area contributed by atoms with Crippen LogP contribution in [0.2, 0.25) is 0 Å². The van der Waals surface area contributed by atoms with Gasteiger partial charge in [0.1, 0.15) is 11.4 Å². The first kappa shape index (κ1) is 15.7. The van der Waals surface area contributed by atoms with Gasteiger partial charge in [-0.05, 0) is 63.8 Å². The maximum Gasteiger partial charge on any atom is 0.143 e. The fourth-order valence-electron chi connectivity index (χ4n) is 3.75. The number of fused-ring (bicyclic) bond motifs is 1. The maximum atomic E-state index is 6.18. The van der Waals surface area contributed by atoms with Gasteiger partial charge < -0.3 is 15.0 Å². The normalized spacial score (nSPS) is 23.8. The Hall–Kier alpha value is -1.22. The zero-order valence-electron chi connectivity index (χ0n) is 14.3. The van der Waals surface area contributed by atoms with E-state index in [1.54, 1.807) is 0 Å². The molecule has 0 amide bonds. The fourth-order valence-corrected chi connectivity index (χ4v) is 3.75. The summed E-state index contributed by atoms with van der Waals surface area (Å²) < 4.78 is 6.18. The smallest absolute Gasteiger partial charge is 0.143 e. The van der Waals surface area contributed by atoms with Gasteiger partial charge >= 0.3 is 0 Å². The van der Waals surface area contributed by atoms with Crippen molar-refractivity contribution in [2.24, 2.45) is 0 Å². The van der Waals surface area contributed by atoms with E-state index < -0.39 is 0 Å². The van der Waals surface area contributed by atoms with E-state index in [4.69, 9.17) is 4.74 Å². The minimum atomic E-state index is -0.103. The highest BCUT2D eigenvalue weighted by molar-refractivity contribution is 5.62. The summed E-state index contributed by atoms with van der Waals surface area (Å²) in [5.41, 5.74) is 2.62. The number of anilines is 1. The van der Waals surface area contributed by atoms with Crippen molar-refractivity contribution < 1.29 is 4.74 Å². The van der Waals surface area contributed by atoms with Crippen LogP contribution in [0, 0.1) is 0 Å². The number of hydrogen-bond donors (Lipinski definition) is 1. The number of hydrogen-bond acceptors (Lipinski definition) is 3. The topological polar surface area (TPSA) is 24.5 Å². The highest BCUT2D eigenvalue weighted by Gasteiger charge is 2.31. The maximum absolute atomic E-state index is 6.18. The Balaban J connectivity index is 1.80. The molecule has 3 rings (SSSR count). The Kier molecular flexibility index (Phi) is 4.62. The zero-order chi connectivity index (χ0) is 15.6. The summed E-state index contributed by atoms with van der Waals surface area (Å²) in [5.74, 6) is 1.05. The standard InChI is InChI=1S/C19H30N2O/c1-4-11-21-14-19(2,3)22-18-9-8-15(13-17(18)21)12-16-7-5-6-10-20-16/h8-9,13,16,20H,4-7,10-12,14H2,1-3H3. The number of ether oxygens (including phenoxy) is 1. The molecule has 0 aromatic heterocycles. The van der Waals surface area contributed by atoms with Crippen molar-refractivity contribution in [1.29, 1.82) is 0 Å². The van der Waals surface area contributed by atoms with Gasteiger partial charge in [-0.3, -0.25) is 0 Å². The second-order valence-electron chi connectivity index (χ2n) is 7.44. The van der Waals surface area contributed by atoms with Gasteiger partial charge in [-0.1, -0.05) is 19.4 Å². The van der Waals surface area contributed by atoms with Gasteiger partial charge in [-0.2, -0.15) is 0 Å². The quantitative estimate of drug-likeness (QED) is 0.916. The van der Waals surface area contributed by atoms with Gasteiger partial charge in [0.25, 0.3) is 0 Å². The molecule has 1 saturated heterocycles. The Labute approximate surface area is 135 Å². The Morgan fingerprint density at radius 2 is 2.18 bits per heavy atom. The van der Waals surface area contributed by atoms with Crippen molar-refractivity contribution in [2.75, 3.05) is 24.5 Å². The molecule has 0 bridgehead atoms. The first-order chi connectivity index (χ1) is 10.6. The van der Waals surface area contributed by atoms with E-state index in [9.17, 15) is 0 Å². The van der Waals surface area contributed by atoms with Gasteiger partial charge in [-0.25, -0.2) is 0 Å². The summed E-state index contributed by atoms with van der Waals surface area (Å²) in [6, 6.07) is 7.43. The molecule has 3 heteroatoms. The predicted molar refractivity (Wildman–Crippen MR) is 93.0 cm³/mol. The van der Waals surface area contributed by atoms with Crippen LogP contribution in [0.25, 0.3) is 0 Å². The molecule has 1 aromatic rings. The van der Waals surface area contributed by atoms with Crippen molar-refractivity contribution >= 4 is 5.69 Å². The fraction of sp³-hybridized carbons (Fsp3) is 0.684. The molecule has 0 radical (unpaired) electrons. The van der Waals surface area contributed by atoms with E-state index in [-0.39, 0.29) is 5.60 Å². The largest absolute Gasteiger partial charge is 0.484 e. The summed E-state index contributed by atoms with van der Waals surface area (Å²) >= 11 is 0. The molecule has 1 fully saturated rings. The number of benzene rings is 1. The van der Waals surface area contributed by atoms with Crippen molar-refractivity contribution in [3.63, 3.8) is 0 Å². The molecule has 0 saturated carbocycles. The van der Waals surface area contributed by atoms with Gasteiger partial charge in [0.05, 0.1) is 12.2 Å². The minimum absolute atomic E-state index is 0.103. The molecule has 22 heavy (non-hydrogen) atoms. The lowest BCUT2D eigenvalue weighted by molar-refractivity contribution is 0.105. The Morgan fingerprint density at radius 3 is 2.91 bits per heavy atom. The summed E-state index contributed by atoms with van der Waals surface area (Å²) in [6.45, 7) is 9.85. The van der Waals surface area contributed by atoms with Crippen LogP contribution in [0.5, 0.6) is 5.75 Å². The number of nitrogens with zero attached hydrogens (tertiary/aromatic N) is 1. The first-order valence-corrected chi connectivity index (χ1v) is 8.88. The Bertz CT molecular complexity index is 506. The lowest BCUT2D eigenvalue weighted by Gasteiger charge is -2.41. The van der Waals surface area contributed by atoms with Crippen molar-refractivity contribution in [2.45, 2.75) is 64.5 Å². The number of nitrogens with one attached hydrogen (secondary N) is 1. The molecular weight excluding hydrogens is 272 g/mol. The minimum Gasteiger partial charge on any atom is -0.484 e. The van der Waals surface area contributed by atoms with E-state index in [0.29, 0.717) is 6.04 Å². The molecule has 0 aliphatic carbocycles. The first-order valence-electron chi connectivity index (χ1n) is 8.88. The van der Waals surface area contributed by atoms with Crippen LogP contribution in [0.4, 0.5) is 5.69 Å². The van der Waals surface area contributed by atoms with Crippen molar-refractivity contribution in [3.05, 3.63) is 23.8 Å². The SMILES string of the molecule is CCCN1CC(C)(C)Oc2ccc(CC3CCCCN3)cc21. The van der Waals surface area contributed by atoms with Gasteiger partial charge in [0, 0.05) is 12.6 Å². The van der Waals surface area contributed by atoms with E-state index in [2.05, 4.69) is 49.2 Å². The third-order valence-electron chi connectivity index (χ3n) is 4.71. The molecule has 1 unspecified atom stereocenters. The third kappa shape index (κ3) is 3.57. The van der Waals surface area contributed by atoms with Crippen LogP contribution in [0.3, 0.4) is 0 Å². The van der Waals surface area contributed by atoms with Gasteiger partial charge in [-0.15, -0.1) is 0 Å². The molecule has 1 atom stereocenters. The summed E-state index contributed by atoms with van der Waals surface area (Å²) in [4.78, 5) is 2.50. The molecule has 2 aliphatic heterocycles. The van der Waals surface area contributed by atoms with Crippen LogP contribution >= 0.6 is 0 Å². The van der Waals surface area contributed by atoms with Crippen LogP contribution in [-0.4, -0.2) is 31.3 Å². The summed E-state index contributed by atoms with van der Waals surface area (Å²) in [7, 11) is 0. The van der Waals surface area contributed by atoms with Crippen molar-refractivity contribution in [3.8, 4) is 5.75 Å². The molecular formula is C19H30N2O. The number of piperidine rings is 1. The molecule has 122 valence electrons. The summed E-state index contributed by atoms with van der Waals surface area (Å²) in [6.07, 6.45) is 6.30. The summed E-state index contributed by atoms with van der Waals surface area (Å²) in [5, 5.41) is 3.65. The highest BCUT2D eigenvalue weighted by Crippen LogP contribution is 2.38. The van der Waals surface area contributed by atoms with E-state index in [1.807, 2.05) is 0 Å². The molecule has 0 spiro atoms. The van der Waals surface area contributed by atoms with Crippen LogP contribution in [0.1, 0.15) is 52.0 Å².